The van der Waals surface area contributed by atoms with E-state index in [0.29, 0.717) is 56.3 Å². The van der Waals surface area contributed by atoms with E-state index >= 15 is 0 Å². The Morgan fingerprint density at radius 1 is 0.931 bits per heavy atom. The first-order valence-corrected chi connectivity index (χ1v) is 19.6. The summed E-state index contributed by atoms with van der Waals surface area (Å²) in [5, 5.41) is 13.1. The molecule has 3 heterocycles. The van der Waals surface area contributed by atoms with Crippen LogP contribution in [-0.2, 0) is 43.6 Å². The number of nitrogens with zero attached hydrogens (tertiary/aromatic N) is 3. The minimum Gasteiger partial charge on any atom is -0.490 e. The summed E-state index contributed by atoms with van der Waals surface area (Å²) >= 11 is 0. The molecule has 2 saturated heterocycles. The van der Waals surface area contributed by atoms with Crippen LogP contribution in [0.5, 0.6) is 11.5 Å². The van der Waals surface area contributed by atoms with Crippen molar-refractivity contribution in [3.63, 3.8) is 0 Å². The van der Waals surface area contributed by atoms with E-state index in [1.807, 2.05) is 42.5 Å². The highest BCUT2D eigenvalue weighted by molar-refractivity contribution is 5.62. The summed E-state index contributed by atoms with van der Waals surface area (Å²) in [6.07, 6.45) is -0.166. The van der Waals surface area contributed by atoms with Crippen LogP contribution in [0.2, 0.25) is 0 Å². The maximum absolute atomic E-state index is 13.9. The standard InChI is InChI=1S/C43H49FN4O10/c1-52-20-3-17-46-19-21-53-39-15-10-32(22-38(39)46)28-54-40-24-45-25-41(58-43(49)55-27-30-6-8-31(9-7-30)29-56-48(50)51)42(40)33-11-13-36(14-12-33)57-37-16-18-47(26-37)35-5-2-4-34(44)23-35/h2,4-15,22-23,37,40-42,45H,3,16-21,24-29H2,1H3. The minimum absolute atomic E-state index is 0.0473. The zero-order chi connectivity index (χ0) is 40.3. The highest BCUT2D eigenvalue weighted by atomic mass is 19.1. The molecule has 4 aromatic rings. The molecule has 0 radical (unpaired) electrons. The van der Waals surface area contributed by atoms with Gasteiger partial charge in [0, 0.05) is 57.9 Å². The Morgan fingerprint density at radius 2 is 1.71 bits per heavy atom. The Bertz CT molecular complexity index is 1970. The van der Waals surface area contributed by atoms with E-state index in [-0.39, 0.29) is 37.2 Å². The maximum atomic E-state index is 13.9. The van der Waals surface area contributed by atoms with Crippen molar-refractivity contribution >= 4 is 17.5 Å². The van der Waals surface area contributed by atoms with Gasteiger partial charge in [-0.15, -0.1) is 10.1 Å². The highest BCUT2D eigenvalue weighted by Gasteiger charge is 2.38. The first kappa shape index (κ1) is 40.6. The number of anilines is 2. The third-order valence-corrected chi connectivity index (χ3v) is 10.6. The second-order valence-electron chi connectivity index (χ2n) is 14.5. The van der Waals surface area contributed by atoms with E-state index in [2.05, 4.69) is 26.0 Å². The molecule has 0 aliphatic carbocycles. The van der Waals surface area contributed by atoms with Gasteiger partial charge in [-0.2, -0.15) is 0 Å². The van der Waals surface area contributed by atoms with Crippen LogP contribution in [0.3, 0.4) is 0 Å². The molecule has 0 bridgehead atoms. The van der Waals surface area contributed by atoms with Crippen LogP contribution in [0.15, 0.2) is 91.0 Å². The predicted molar refractivity (Wildman–Crippen MR) is 212 cm³/mol. The number of rotatable bonds is 17. The Kier molecular flexibility index (Phi) is 13.8. The molecule has 3 aliphatic rings. The number of methoxy groups -OCH3 is 1. The smallest absolute Gasteiger partial charge is 0.490 e. The maximum Gasteiger partial charge on any atom is 0.508 e. The van der Waals surface area contributed by atoms with Crippen LogP contribution < -0.4 is 24.6 Å². The molecule has 3 aliphatic heterocycles. The van der Waals surface area contributed by atoms with E-state index < -0.39 is 17.3 Å². The molecular formula is C43H49FN4O10. The number of carbonyl (C=O) groups excluding carboxylic acids is 1. The molecule has 0 amide bonds. The van der Waals surface area contributed by atoms with Crippen LogP contribution in [0.4, 0.5) is 20.6 Å². The predicted octanol–water partition coefficient (Wildman–Crippen LogP) is 6.42. The number of fused-ring (bicyclic) bond motifs is 1. The third kappa shape index (κ3) is 10.8. The lowest BCUT2D eigenvalue weighted by molar-refractivity contribution is -0.763. The van der Waals surface area contributed by atoms with E-state index in [4.69, 9.17) is 28.4 Å². The van der Waals surface area contributed by atoms with Gasteiger partial charge in [0.2, 0.25) is 0 Å². The van der Waals surface area contributed by atoms with Gasteiger partial charge >= 0.3 is 6.16 Å². The molecule has 14 nitrogen and oxygen atoms in total. The van der Waals surface area contributed by atoms with E-state index in [1.165, 1.54) is 6.07 Å². The molecule has 15 heteroatoms. The Labute approximate surface area is 336 Å². The number of nitrogens with one attached hydrogen (secondary N) is 1. The Hall–Kier alpha value is -5.64. The van der Waals surface area contributed by atoms with Crippen LogP contribution in [-0.4, -0.2) is 89.1 Å². The summed E-state index contributed by atoms with van der Waals surface area (Å²) in [7, 11) is 1.71. The minimum atomic E-state index is -0.845. The zero-order valence-corrected chi connectivity index (χ0v) is 32.5. The second-order valence-corrected chi connectivity index (χ2v) is 14.5. The van der Waals surface area contributed by atoms with Gasteiger partial charge in [0.15, 0.2) is 0 Å². The van der Waals surface area contributed by atoms with Crippen molar-refractivity contribution < 1.29 is 47.5 Å². The van der Waals surface area contributed by atoms with Crippen molar-refractivity contribution in [2.24, 2.45) is 0 Å². The summed E-state index contributed by atoms with van der Waals surface area (Å²) < 4.78 is 49.6. The quantitative estimate of drug-likeness (QED) is 0.0544. The second kappa shape index (κ2) is 19.7. The topological polar surface area (TPSA) is 143 Å². The van der Waals surface area contributed by atoms with Gasteiger partial charge in [0.05, 0.1) is 31.5 Å². The van der Waals surface area contributed by atoms with Crippen LogP contribution >= 0.6 is 0 Å². The van der Waals surface area contributed by atoms with E-state index in [1.54, 1.807) is 43.5 Å². The van der Waals surface area contributed by atoms with Crippen molar-refractivity contribution in [3.05, 3.63) is 129 Å². The lowest BCUT2D eigenvalue weighted by Crippen LogP contribution is -2.51. The fraction of sp³-hybridized carbons (Fsp3) is 0.419. The molecule has 0 saturated carbocycles. The van der Waals surface area contributed by atoms with Crippen molar-refractivity contribution in [1.82, 2.24) is 5.32 Å². The molecule has 58 heavy (non-hydrogen) atoms. The summed E-state index contributed by atoms with van der Waals surface area (Å²) in [4.78, 5) is 32.6. The average Bonchev–Trinajstić information content (AvgIpc) is 3.71. The average molecular weight is 801 g/mol. The first-order chi connectivity index (χ1) is 28.3. The largest absolute Gasteiger partial charge is 0.508 e. The first-order valence-electron chi connectivity index (χ1n) is 19.6. The van der Waals surface area contributed by atoms with Gasteiger partial charge in [0.25, 0.3) is 5.09 Å². The van der Waals surface area contributed by atoms with Gasteiger partial charge in [0.1, 0.15) is 49.3 Å². The molecule has 7 rings (SSSR count). The number of hydrogen-bond acceptors (Lipinski definition) is 13. The summed E-state index contributed by atoms with van der Waals surface area (Å²) in [5.74, 6) is 0.948. The summed E-state index contributed by atoms with van der Waals surface area (Å²) in [6.45, 7) is 5.38. The zero-order valence-electron chi connectivity index (χ0n) is 32.5. The van der Waals surface area contributed by atoms with Gasteiger partial charge in [-0.05, 0) is 71.1 Å². The summed E-state index contributed by atoms with van der Waals surface area (Å²) in [6, 6.07) is 27.3. The lowest BCUT2D eigenvalue weighted by Gasteiger charge is -2.38. The molecule has 1 N–H and O–H groups in total. The molecule has 4 aromatic carbocycles. The molecule has 4 unspecified atom stereocenters. The number of carbonyl (C=O) groups is 1. The van der Waals surface area contributed by atoms with Gasteiger partial charge in [-0.1, -0.05) is 48.5 Å². The van der Waals surface area contributed by atoms with Crippen LogP contribution in [0.25, 0.3) is 0 Å². The van der Waals surface area contributed by atoms with Crippen molar-refractivity contribution in [2.75, 3.05) is 69.4 Å². The normalized spacial score (nSPS) is 20.2. The third-order valence-electron chi connectivity index (χ3n) is 10.6. The Balaban J connectivity index is 1.03. The molecule has 308 valence electrons. The fourth-order valence-electron chi connectivity index (χ4n) is 7.66. The van der Waals surface area contributed by atoms with Gasteiger partial charge < -0.3 is 48.4 Å². The number of benzene rings is 4. The monoisotopic (exact) mass is 800 g/mol. The van der Waals surface area contributed by atoms with Gasteiger partial charge in [-0.3, -0.25) is 0 Å². The number of hydrogen-bond donors (Lipinski definition) is 1. The molecule has 2 fully saturated rings. The van der Waals surface area contributed by atoms with E-state index in [0.717, 1.165) is 60.7 Å². The number of ether oxygens (including phenoxy) is 6. The number of halogens is 1. The van der Waals surface area contributed by atoms with Crippen LogP contribution in [0, 0.1) is 15.9 Å². The lowest BCUT2D eigenvalue weighted by atomic mass is 9.85. The van der Waals surface area contributed by atoms with Gasteiger partial charge in [-0.25, -0.2) is 9.18 Å². The molecule has 0 spiro atoms. The highest BCUT2D eigenvalue weighted by Crippen LogP contribution is 2.35. The fourth-order valence-corrected chi connectivity index (χ4v) is 7.66. The molecular weight excluding hydrogens is 751 g/mol. The number of piperidine rings is 1. The van der Waals surface area contributed by atoms with Crippen molar-refractivity contribution in [1.29, 1.82) is 0 Å². The molecule has 4 atom stereocenters. The Morgan fingerprint density at radius 3 is 2.48 bits per heavy atom. The van der Waals surface area contributed by atoms with Crippen LogP contribution in [0.1, 0.15) is 41.0 Å². The summed E-state index contributed by atoms with van der Waals surface area (Å²) in [5.41, 5.74) is 5.07. The van der Waals surface area contributed by atoms with Crippen molar-refractivity contribution in [2.45, 2.75) is 56.9 Å². The molecule has 0 aromatic heterocycles. The SMILES string of the molecule is COCCCN1CCOc2ccc(COC3CNCC(OC(=O)OCc4ccc(CO[N+](=O)[O-])cc4)C3c3ccc(OC4CCN(c5cccc(F)c5)C4)cc3)cc21. The van der Waals surface area contributed by atoms with Crippen molar-refractivity contribution in [3.8, 4) is 11.5 Å². The van der Waals surface area contributed by atoms with E-state index in [9.17, 15) is 19.3 Å².